The molecule has 0 bridgehead atoms. The molecule has 2 atom stereocenters. The Morgan fingerprint density at radius 2 is 1.78 bits per heavy atom. The molecule has 0 aliphatic rings. The van der Waals surface area contributed by atoms with Crippen LogP contribution in [0, 0.1) is 11.8 Å². The van der Waals surface area contributed by atoms with E-state index in [1.807, 2.05) is 31.2 Å². The minimum absolute atomic E-state index is 0.0834. The fourth-order valence-corrected chi connectivity index (χ4v) is 2.21. The van der Waals surface area contributed by atoms with E-state index < -0.39 is 0 Å². The number of nitrogens with two attached hydrogens (primary N) is 1. The summed E-state index contributed by atoms with van der Waals surface area (Å²) in [6.07, 6.45) is 0.800. The molecule has 18 heavy (non-hydrogen) atoms. The van der Waals surface area contributed by atoms with Gasteiger partial charge in [-0.25, -0.2) is 0 Å². The molecule has 2 N–H and O–H groups in total. The van der Waals surface area contributed by atoms with Crippen molar-refractivity contribution in [2.24, 2.45) is 11.8 Å². The Balaban J connectivity index is 2.83. The minimum atomic E-state index is -0.143. The lowest BCUT2D eigenvalue weighted by molar-refractivity contribution is -0.145. The van der Waals surface area contributed by atoms with Gasteiger partial charge in [0.25, 0.3) is 0 Å². The standard InChI is InChI=1S/C15H23NO2/c1-10(2)14(9-11(3)15(17)18-4)12-5-7-13(16)8-6-12/h5-8,10-11,14H,9,16H2,1-4H3. The lowest BCUT2D eigenvalue weighted by atomic mass is 9.82. The minimum Gasteiger partial charge on any atom is -0.469 e. The maximum Gasteiger partial charge on any atom is 0.308 e. The van der Waals surface area contributed by atoms with Crippen molar-refractivity contribution in [3.8, 4) is 0 Å². The second-order valence-electron chi connectivity index (χ2n) is 5.18. The van der Waals surface area contributed by atoms with Gasteiger partial charge in [-0.3, -0.25) is 4.79 Å². The summed E-state index contributed by atoms with van der Waals surface area (Å²) >= 11 is 0. The second-order valence-corrected chi connectivity index (χ2v) is 5.18. The molecule has 0 aliphatic heterocycles. The summed E-state index contributed by atoms with van der Waals surface area (Å²) in [5.41, 5.74) is 7.70. The van der Waals surface area contributed by atoms with Gasteiger partial charge in [-0.15, -0.1) is 0 Å². The molecule has 0 spiro atoms. The molecule has 1 aromatic carbocycles. The molecule has 0 amide bonds. The van der Waals surface area contributed by atoms with E-state index in [2.05, 4.69) is 13.8 Å². The Hall–Kier alpha value is -1.51. The van der Waals surface area contributed by atoms with Crippen LogP contribution in [0.2, 0.25) is 0 Å². The Morgan fingerprint density at radius 3 is 2.22 bits per heavy atom. The fourth-order valence-electron chi connectivity index (χ4n) is 2.21. The topological polar surface area (TPSA) is 52.3 Å². The molecular weight excluding hydrogens is 226 g/mol. The molecule has 3 heteroatoms. The predicted octanol–water partition coefficient (Wildman–Crippen LogP) is 3.21. The summed E-state index contributed by atoms with van der Waals surface area (Å²) in [6, 6.07) is 7.91. The number of benzene rings is 1. The van der Waals surface area contributed by atoms with Crippen molar-refractivity contribution in [3.05, 3.63) is 29.8 Å². The maximum atomic E-state index is 11.5. The first kappa shape index (κ1) is 14.6. The van der Waals surface area contributed by atoms with Crippen LogP contribution in [-0.4, -0.2) is 13.1 Å². The number of methoxy groups -OCH3 is 1. The molecule has 0 fully saturated rings. The normalized spacial score (nSPS) is 14.3. The SMILES string of the molecule is COC(=O)C(C)CC(c1ccc(N)cc1)C(C)C. The number of rotatable bonds is 5. The van der Waals surface area contributed by atoms with Gasteiger partial charge in [0.05, 0.1) is 13.0 Å². The van der Waals surface area contributed by atoms with E-state index in [4.69, 9.17) is 10.5 Å². The van der Waals surface area contributed by atoms with Gasteiger partial charge in [-0.05, 0) is 36.0 Å². The summed E-state index contributed by atoms with van der Waals surface area (Å²) in [6.45, 7) is 6.26. The molecule has 0 radical (unpaired) electrons. The number of nitrogen functional groups attached to an aromatic ring is 1. The molecule has 0 saturated carbocycles. The Kier molecular flexibility index (Phi) is 5.20. The van der Waals surface area contributed by atoms with E-state index in [0.717, 1.165) is 12.1 Å². The van der Waals surface area contributed by atoms with Crippen LogP contribution in [-0.2, 0) is 9.53 Å². The summed E-state index contributed by atoms with van der Waals surface area (Å²) in [7, 11) is 1.44. The third kappa shape index (κ3) is 3.76. The largest absolute Gasteiger partial charge is 0.469 e. The third-order valence-electron chi connectivity index (χ3n) is 3.38. The molecule has 2 unspecified atom stereocenters. The molecule has 3 nitrogen and oxygen atoms in total. The quantitative estimate of drug-likeness (QED) is 0.644. The highest BCUT2D eigenvalue weighted by molar-refractivity contribution is 5.71. The van der Waals surface area contributed by atoms with Gasteiger partial charge in [0, 0.05) is 5.69 Å². The van der Waals surface area contributed by atoms with Gasteiger partial charge in [0.2, 0.25) is 0 Å². The van der Waals surface area contributed by atoms with Crippen molar-refractivity contribution in [2.45, 2.75) is 33.1 Å². The van der Waals surface area contributed by atoms with E-state index in [0.29, 0.717) is 11.8 Å². The fraction of sp³-hybridized carbons (Fsp3) is 0.533. The van der Waals surface area contributed by atoms with Crippen LogP contribution < -0.4 is 5.73 Å². The average molecular weight is 249 g/mol. The zero-order valence-corrected chi connectivity index (χ0v) is 11.6. The second kappa shape index (κ2) is 6.43. The number of hydrogen-bond acceptors (Lipinski definition) is 3. The third-order valence-corrected chi connectivity index (χ3v) is 3.38. The summed E-state index contributed by atoms with van der Waals surface area (Å²) < 4.78 is 4.79. The molecule has 0 saturated heterocycles. The highest BCUT2D eigenvalue weighted by Gasteiger charge is 2.23. The van der Waals surface area contributed by atoms with Crippen molar-refractivity contribution in [2.75, 3.05) is 12.8 Å². The van der Waals surface area contributed by atoms with Crippen LogP contribution in [0.5, 0.6) is 0 Å². The maximum absolute atomic E-state index is 11.5. The molecule has 1 aromatic rings. The number of carbonyl (C=O) groups excluding carboxylic acids is 1. The zero-order chi connectivity index (χ0) is 13.7. The van der Waals surface area contributed by atoms with Crippen molar-refractivity contribution < 1.29 is 9.53 Å². The lowest BCUT2D eigenvalue weighted by Crippen LogP contribution is -2.18. The summed E-state index contributed by atoms with van der Waals surface area (Å²) in [5.74, 6) is 0.594. The van der Waals surface area contributed by atoms with Crippen LogP contribution in [0.3, 0.4) is 0 Å². The highest BCUT2D eigenvalue weighted by atomic mass is 16.5. The van der Waals surface area contributed by atoms with Gasteiger partial charge >= 0.3 is 5.97 Å². The predicted molar refractivity (Wildman–Crippen MR) is 74.2 cm³/mol. The molecule has 0 heterocycles. The molecule has 1 rings (SSSR count). The Bertz CT molecular complexity index is 384. The Morgan fingerprint density at radius 1 is 1.22 bits per heavy atom. The van der Waals surface area contributed by atoms with Gasteiger partial charge in [-0.1, -0.05) is 32.9 Å². The zero-order valence-electron chi connectivity index (χ0n) is 11.6. The number of hydrogen-bond donors (Lipinski definition) is 1. The molecule has 0 aliphatic carbocycles. The van der Waals surface area contributed by atoms with Crippen LogP contribution in [0.4, 0.5) is 5.69 Å². The smallest absolute Gasteiger partial charge is 0.308 e. The van der Waals surface area contributed by atoms with E-state index in [1.54, 1.807) is 0 Å². The van der Waals surface area contributed by atoms with Gasteiger partial charge in [-0.2, -0.15) is 0 Å². The van der Waals surface area contributed by atoms with Crippen LogP contribution in [0.25, 0.3) is 0 Å². The van der Waals surface area contributed by atoms with E-state index in [9.17, 15) is 4.79 Å². The van der Waals surface area contributed by atoms with Gasteiger partial charge in [0.15, 0.2) is 0 Å². The molecule has 100 valence electrons. The number of ether oxygens (including phenoxy) is 1. The summed E-state index contributed by atoms with van der Waals surface area (Å²) in [5, 5.41) is 0. The van der Waals surface area contributed by atoms with Crippen molar-refractivity contribution in [1.82, 2.24) is 0 Å². The lowest BCUT2D eigenvalue weighted by Gasteiger charge is -2.24. The van der Waals surface area contributed by atoms with Crippen LogP contribution in [0.1, 0.15) is 38.7 Å². The van der Waals surface area contributed by atoms with Crippen molar-refractivity contribution in [1.29, 1.82) is 0 Å². The summed E-state index contributed by atoms with van der Waals surface area (Å²) in [4.78, 5) is 11.5. The van der Waals surface area contributed by atoms with E-state index in [1.165, 1.54) is 12.7 Å². The number of esters is 1. The average Bonchev–Trinajstić information content (AvgIpc) is 2.35. The first-order valence-corrected chi connectivity index (χ1v) is 6.39. The van der Waals surface area contributed by atoms with Gasteiger partial charge < -0.3 is 10.5 Å². The van der Waals surface area contributed by atoms with Gasteiger partial charge in [0.1, 0.15) is 0 Å². The number of anilines is 1. The van der Waals surface area contributed by atoms with E-state index in [-0.39, 0.29) is 11.9 Å². The first-order chi connectivity index (χ1) is 8.45. The first-order valence-electron chi connectivity index (χ1n) is 6.39. The van der Waals surface area contributed by atoms with Crippen molar-refractivity contribution >= 4 is 11.7 Å². The van der Waals surface area contributed by atoms with E-state index >= 15 is 0 Å². The number of carbonyl (C=O) groups is 1. The molecule has 0 aromatic heterocycles. The van der Waals surface area contributed by atoms with Crippen molar-refractivity contribution in [3.63, 3.8) is 0 Å². The Labute approximate surface area is 109 Å². The molecular formula is C15H23NO2. The van der Waals surface area contributed by atoms with Crippen LogP contribution in [0.15, 0.2) is 24.3 Å². The van der Waals surface area contributed by atoms with Crippen LogP contribution >= 0.6 is 0 Å². The monoisotopic (exact) mass is 249 g/mol. The highest BCUT2D eigenvalue weighted by Crippen LogP contribution is 2.31.